The second-order valence-corrected chi connectivity index (χ2v) is 4.91. The Morgan fingerprint density at radius 2 is 2.25 bits per heavy atom. The van der Waals surface area contributed by atoms with Crippen LogP contribution < -0.4 is 10.9 Å². The Bertz CT molecular complexity index is 512. The van der Waals surface area contributed by atoms with Gasteiger partial charge in [0.2, 0.25) is 0 Å². The molecule has 2 heterocycles. The van der Waals surface area contributed by atoms with Gasteiger partial charge in [0, 0.05) is 26.2 Å². The molecule has 110 valence electrons. The number of nitrogens with zero attached hydrogens (tertiary/aromatic N) is 3. The van der Waals surface area contributed by atoms with E-state index in [0.717, 1.165) is 32.8 Å². The van der Waals surface area contributed by atoms with E-state index in [1.54, 1.807) is 12.3 Å². The number of morpholine rings is 1. The van der Waals surface area contributed by atoms with Gasteiger partial charge in [-0.2, -0.15) is 5.10 Å². The van der Waals surface area contributed by atoms with Crippen LogP contribution in [0, 0.1) is 0 Å². The van der Waals surface area contributed by atoms with Crippen LogP contribution >= 0.6 is 11.6 Å². The van der Waals surface area contributed by atoms with Crippen LogP contribution in [0.25, 0.3) is 0 Å². The second-order valence-electron chi connectivity index (χ2n) is 4.53. The van der Waals surface area contributed by atoms with E-state index in [1.807, 2.05) is 0 Å². The lowest BCUT2D eigenvalue weighted by molar-refractivity contribution is 0.0398. The van der Waals surface area contributed by atoms with Crippen LogP contribution in [-0.2, 0) is 11.3 Å². The van der Waals surface area contributed by atoms with Crippen molar-refractivity contribution in [3.8, 4) is 0 Å². The molecule has 2 rings (SSSR count). The van der Waals surface area contributed by atoms with Gasteiger partial charge in [-0.1, -0.05) is 17.7 Å². The predicted octanol–water partition coefficient (Wildman–Crippen LogP) is 0.827. The lowest BCUT2D eigenvalue weighted by Crippen LogP contribution is -2.39. The monoisotopic (exact) mass is 298 g/mol. The molecule has 1 aromatic rings. The Labute approximate surface area is 123 Å². The van der Waals surface area contributed by atoms with E-state index < -0.39 is 0 Å². The molecule has 0 amide bonds. The van der Waals surface area contributed by atoms with Gasteiger partial charge in [-0.25, -0.2) is 4.68 Å². The number of ether oxygens (including phenoxy) is 1. The van der Waals surface area contributed by atoms with E-state index >= 15 is 0 Å². The number of aromatic nitrogens is 2. The van der Waals surface area contributed by atoms with Crippen LogP contribution in [0.4, 0.5) is 5.69 Å². The summed E-state index contributed by atoms with van der Waals surface area (Å²) in [7, 11) is 0. The topological polar surface area (TPSA) is 59.4 Å². The summed E-state index contributed by atoms with van der Waals surface area (Å²) in [5, 5.41) is 7.37. The molecule has 0 atom stereocenters. The smallest absolute Gasteiger partial charge is 0.287 e. The fourth-order valence-electron chi connectivity index (χ4n) is 2.01. The maximum absolute atomic E-state index is 11.9. The Morgan fingerprint density at radius 1 is 1.50 bits per heavy atom. The van der Waals surface area contributed by atoms with Crippen LogP contribution in [0.15, 0.2) is 23.6 Å². The van der Waals surface area contributed by atoms with Crippen LogP contribution in [0.1, 0.15) is 0 Å². The summed E-state index contributed by atoms with van der Waals surface area (Å²) in [6.45, 7) is 8.96. The molecule has 0 spiro atoms. The van der Waals surface area contributed by atoms with E-state index in [-0.39, 0.29) is 10.6 Å². The second kappa shape index (κ2) is 7.42. The molecule has 0 aliphatic carbocycles. The van der Waals surface area contributed by atoms with E-state index in [4.69, 9.17) is 16.3 Å². The summed E-state index contributed by atoms with van der Waals surface area (Å²) in [6.07, 6.45) is 3.18. The molecule has 0 saturated carbocycles. The minimum Gasteiger partial charge on any atom is -0.381 e. The van der Waals surface area contributed by atoms with Gasteiger partial charge in [-0.05, 0) is 0 Å². The molecule has 7 heteroatoms. The average molecular weight is 299 g/mol. The lowest BCUT2D eigenvalue weighted by atomic mass is 10.4. The van der Waals surface area contributed by atoms with Crippen molar-refractivity contribution in [2.75, 3.05) is 44.7 Å². The van der Waals surface area contributed by atoms with Gasteiger partial charge in [0.1, 0.15) is 5.02 Å². The highest BCUT2D eigenvalue weighted by atomic mass is 35.5. The molecule has 0 aromatic carbocycles. The molecule has 1 aliphatic heterocycles. The zero-order chi connectivity index (χ0) is 14.4. The molecule has 20 heavy (non-hydrogen) atoms. The van der Waals surface area contributed by atoms with Crippen molar-refractivity contribution in [3.05, 3.63) is 34.2 Å². The zero-order valence-corrected chi connectivity index (χ0v) is 12.1. The summed E-state index contributed by atoms with van der Waals surface area (Å²) < 4.78 is 6.57. The standard InChI is InChI=1S/C13H19ClN4O2/c1-2-4-18-13(19)12(14)11(10-16-18)15-3-5-17-6-8-20-9-7-17/h2,10,15H,1,3-9H2. The number of rotatable bonds is 6. The number of anilines is 1. The van der Waals surface area contributed by atoms with Crippen LogP contribution in [-0.4, -0.2) is 54.1 Å². The average Bonchev–Trinajstić information content (AvgIpc) is 2.48. The maximum atomic E-state index is 11.9. The molecule has 1 N–H and O–H groups in total. The van der Waals surface area contributed by atoms with Gasteiger partial charge < -0.3 is 10.1 Å². The molecule has 1 saturated heterocycles. The van der Waals surface area contributed by atoms with Gasteiger partial charge >= 0.3 is 0 Å². The van der Waals surface area contributed by atoms with E-state index in [0.29, 0.717) is 18.8 Å². The fraction of sp³-hybridized carbons (Fsp3) is 0.538. The lowest BCUT2D eigenvalue weighted by Gasteiger charge is -2.26. The molecule has 0 bridgehead atoms. The molecule has 1 fully saturated rings. The molecule has 1 aromatic heterocycles. The fourth-order valence-corrected chi connectivity index (χ4v) is 2.23. The zero-order valence-electron chi connectivity index (χ0n) is 11.3. The summed E-state index contributed by atoms with van der Waals surface area (Å²) >= 11 is 6.05. The molecule has 6 nitrogen and oxygen atoms in total. The minimum absolute atomic E-state index is 0.170. The minimum atomic E-state index is -0.303. The Kier molecular flexibility index (Phi) is 5.58. The van der Waals surface area contributed by atoms with Crippen molar-refractivity contribution in [3.63, 3.8) is 0 Å². The highest BCUT2D eigenvalue weighted by Gasteiger charge is 2.11. The van der Waals surface area contributed by atoms with Crippen LogP contribution in [0.2, 0.25) is 5.02 Å². The third kappa shape index (κ3) is 3.82. The Balaban J connectivity index is 1.91. The first-order chi connectivity index (χ1) is 9.72. The van der Waals surface area contributed by atoms with Crippen molar-refractivity contribution in [2.24, 2.45) is 0 Å². The third-order valence-electron chi connectivity index (χ3n) is 3.13. The molecular weight excluding hydrogens is 280 g/mol. The molecular formula is C13H19ClN4O2. The van der Waals surface area contributed by atoms with Crippen molar-refractivity contribution in [2.45, 2.75) is 6.54 Å². The Morgan fingerprint density at radius 3 is 2.95 bits per heavy atom. The van der Waals surface area contributed by atoms with Gasteiger partial charge in [0.15, 0.2) is 0 Å². The van der Waals surface area contributed by atoms with Crippen molar-refractivity contribution in [1.29, 1.82) is 0 Å². The summed E-state index contributed by atoms with van der Waals surface area (Å²) in [5.41, 5.74) is 0.271. The van der Waals surface area contributed by atoms with Crippen molar-refractivity contribution < 1.29 is 4.74 Å². The number of allylic oxidation sites excluding steroid dienone is 1. The van der Waals surface area contributed by atoms with Crippen molar-refractivity contribution in [1.82, 2.24) is 14.7 Å². The first-order valence-corrected chi connectivity index (χ1v) is 7.00. The number of halogens is 1. The quantitative estimate of drug-likeness (QED) is 0.788. The molecule has 1 aliphatic rings. The largest absolute Gasteiger partial charge is 0.381 e. The number of hydrogen-bond acceptors (Lipinski definition) is 5. The SMILES string of the molecule is C=CCn1ncc(NCCN2CCOCC2)c(Cl)c1=O. The van der Waals surface area contributed by atoms with Crippen LogP contribution in [0.5, 0.6) is 0 Å². The third-order valence-corrected chi connectivity index (χ3v) is 3.50. The first-order valence-electron chi connectivity index (χ1n) is 6.63. The summed E-state index contributed by atoms with van der Waals surface area (Å²) in [4.78, 5) is 14.2. The summed E-state index contributed by atoms with van der Waals surface area (Å²) in [6, 6.07) is 0. The van der Waals surface area contributed by atoms with E-state index in [2.05, 4.69) is 21.9 Å². The summed E-state index contributed by atoms with van der Waals surface area (Å²) in [5.74, 6) is 0. The first kappa shape index (κ1) is 15.0. The maximum Gasteiger partial charge on any atom is 0.287 e. The highest BCUT2D eigenvalue weighted by Crippen LogP contribution is 2.14. The van der Waals surface area contributed by atoms with E-state index in [1.165, 1.54) is 4.68 Å². The normalized spacial score (nSPS) is 16.1. The van der Waals surface area contributed by atoms with Gasteiger partial charge in [-0.15, -0.1) is 6.58 Å². The Hall–Kier alpha value is -1.37. The van der Waals surface area contributed by atoms with E-state index in [9.17, 15) is 4.79 Å². The molecule has 0 unspecified atom stereocenters. The van der Waals surface area contributed by atoms with Gasteiger partial charge in [0.05, 0.1) is 31.6 Å². The van der Waals surface area contributed by atoms with Crippen molar-refractivity contribution >= 4 is 17.3 Å². The number of hydrogen-bond donors (Lipinski definition) is 1. The van der Waals surface area contributed by atoms with Gasteiger partial charge in [0.25, 0.3) is 5.56 Å². The predicted molar refractivity (Wildman–Crippen MR) is 79.5 cm³/mol. The molecule has 0 radical (unpaired) electrons. The van der Waals surface area contributed by atoms with Crippen LogP contribution in [0.3, 0.4) is 0 Å². The number of nitrogens with one attached hydrogen (secondary N) is 1. The highest BCUT2D eigenvalue weighted by molar-refractivity contribution is 6.32. The van der Waals surface area contributed by atoms with Gasteiger partial charge in [-0.3, -0.25) is 9.69 Å².